The van der Waals surface area contributed by atoms with E-state index in [0.717, 1.165) is 5.56 Å². The normalized spacial score (nSPS) is 15.7. The van der Waals surface area contributed by atoms with Crippen LogP contribution >= 0.6 is 11.8 Å². The molecule has 4 rings (SSSR count). The van der Waals surface area contributed by atoms with Gasteiger partial charge in [-0.3, -0.25) is 9.69 Å². The van der Waals surface area contributed by atoms with Gasteiger partial charge in [0, 0.05) is 17.4 Å². The number of nitrogens with zero attached hydrogens (tertiary/aromatic N) is 3. The first kappa shape index (κ1) is 20.9. The van der Waals surface area contributed by atoms with Gasteiger partial charge in [-0.1, -0.05) is 23.4 Å². The van der Waals surface area contributed by atoms with Crippen LogP contribution in [0.25, 0.3) is 11.5 Å². The van der Waals surface area contributed by atoms with E-state index in [1.165, 1.54) is 29.7 Å². The molecule has 8 nitrogen and oxygen atoms in total. The van der Waals surface area contributed by atoms with Gasteiger partial charge in [-0.05, 0) is 30.3 Å². The first-order chi connectivity index (χ1) is 15.0. The number of rotatable bonds is 7. The summed E-state index contributed by atoms with van der Waals surface area (Å²) in [4.78, 5) is 29.2. The molecule has 1 atom stereocenters. The number of carbonyl (C=O) groups excluding carboxylic acids is 2. The molecule has 1 saturated heterocycles. The van der Waals surface area contributed by atoms with E-state index in [9.17, 15) is 14.0 Å². The zero-order valence-electron chi connectivity index (χ0n) is 16.6. The molecule has 0 bridgehead atoms. The molecule has 0 unspecified atom stereocenters. The third-order valence-corrected chi connectivity index (χ3v) is 5.57. The SMILES string of the molecule is CC(=O)NC[C@H]1CN(c2ccc(SCc3noc(-c4ccccc4)n3)c(F)c2)C(=O)O1. The summed E-state index contributed by atoms with van der Waals surface area (Å²) in [5.41, 5.74) is 1.21. The zero-order chi connectivity index (χ0) is 21.8. The van der Waals surface area contributed by atoms with Crippen LogP contribution in [0.2, 0.25) is 0 Å². The van der Waals surface area contributed by atoms with Gasteiger partial charge in [-0.15, -0.1) is 11.8 Å². The van der Waals surface area contributed by atoms with E-state index in [2.05, 4.69) is 15.5 Å². The number of cyclic esters (lactones) is 1. The first-order valence-corrected chi connectivity index (χ1v) is 10.5. The Labute approximate surface area is 181 Å². The van der Waals surface area contributed by atoms with Gasteiger partial charge in [0.2, 0.25) is 5.91 Å². The number of benzene rings is 2. The number of nitrogens with one attached hydrogen (secondary N) is 1. The maximum absolute atomic E-state index is 14.6. The molecule has 2 aromatic carbocycles. The van der Waals surface area contributed by atoms with Gasteiger partial charge in [0.1, 0.15) is 11.9 Å². The van der Waals surface area contributed by atoms with Gasteiger partial charge in [-0.25, -0.2) is 9.18 Å². The van der Waals surface area contributed by atoms with Crippen molar-refractivity contribution in [1.82, 2.24) is 15.5 Å². The summed E-state index contributed by atoms with van der Waals surface area (Å²) in [6, 6.07) is 13.9. The summed E-state index contributed by atoms with van der Waals surface area (Å²) in [6.45, 7) is 1.83. The van der Waals surface area contributed by atoms with Crippen molar-refractivity contribution in [2.75, 3.05) is 18.0 Å². The number of carbonyl (C=O) groups is 2. The molecule has 160 valence electrons. The molecule has 1 aliphatic rings. The highest BCUT2D eigenvalue weighted by atomic mass is 32.2. The molecule has 10 heteroatoms. The van der Waals surface area contributed by atoms with E-state index in [4.69, 9.17) is 9.26 Å². The van der Waals surface area contributed by atoms with E-state index in [0.29, 0.717) is 28.1 Å². The molecule has 1 N–H and O–H groups in total. The van der Waals surface area contributed by atoms with Crippen LogP contribution in [0.5, 0.6) is 0 Å². The summed E-state index contributed by atoms with van der Waals surface area (Å²) < 4.78 is 25.1. The maximum atomic E-state index is 14.6. The largest absolute Gasteiger partial charge is 0.442 e. The predicted molar refractivity (Wildman–Crippen MR) is 112 cm³/mol. The average Bonchev–Trinajstić information content (AvgIpc) is 3.38. The summed E-state index contributed by atoms with van der Waals surface area (Å²) >= 11 is 1.23. The molecule has 3 aromatic rings. The second-order valence-electron chi connectivity index (χ2n) is 6.84. The predicted octanol–water partition coefficient (Wildman–Crippen LogP) is 3.63. The molecule has 2 amide bonds. The van der Waals surface area contributed by atoms with Crippen LogP contribution in [0.15, 0.2) is 57.9 Å². The highest BCUT2D eigenvalue weighted by Gasteiger charge is 2.32. The van der Waals surface area contributed by atoms with Crippen molar-refractivity contribution in [2.45, 2.75) is 23.7 Å². The Morgan fingerprint density at radius 2 is 2.10 bits per heavy atom. The highest BCUT2D eigenvalue weighted by Crippen LogP contribution is 2.30. The van der Waals surface area contributed by atoms with Crippen LogP contribution < -0.4 is 10.2 Å². The Bertz CT molecular complexity index is 1090. The van der Waals surface area contributed by atoms with E-state index in [1.807, 2.05) is 30.3 Å². The third-order valence-electron chi connectivity index (χ3n) is 4.53. The van der Waals surface area contributed by atoms with Crippen LogP contribution in [-0.4, -0.2) is 41.3 Å². The molecular weight excluding hydrogens is 423 g/mol. The zero-order valence-corrected chi connectivity index (χ0v) is 17.4. The van der Waals surface area contributed by atoms with E-state index < -0.39 is 18.0 Å². The molecule has 1 aromatic heterocycles. The van der Waals surface area contributed by atoms with Crippen molar-refractivity contribution in [3.05, 3.63) is 60.2 Å². The van der Waals surface area contributed by atoms with Crippen molar-refractivity contribution >= 4 is 29.4 Å². The van der Waals surface area contributed by atoms with Crippen LogP contribution in [0.3, 0.4) is 0 Å². The molecule has 0 aliphatic carbocycles. The second kappa shape index (κ2) is 9.17. The molecule has 0 spiro atoms. The second-order valence-corrected chi connectivity index (χ2v) is 7.86. The van der Waals surface area contributed by atoms with Gasteiger partial charge in [0.05, 0.1) is 24.5 Å². The lowest BCUT2D eigenvalue weighted by Gasteiger charge is -2.14. The van der Waals surface area contributed by atoms with Gasteiger partial charge in [0.25, 0.3) is 5.89 Å². The fourth-order valence-corrected chi connectivity index (χ4v) is 3.79. The van der Waals surface area contributed by atoms with Crippen molar-refractivity contribution < 1.29 is 23.2 Å². The lowest BCUT2D eigenvalue weighted by Crippen LogP contribution is -2.33. The number of aromatic nitrogens is 2. The van der Waals surface area contributed by atoms with E-state index >= 15 is 0 Å². The topological polar surface area (TPSA) is 97.6 Å². The van der Waals surface area contributed by atoms with Crippen LogP contribution in [0.4, 0.5) is 14.9 Å². The van der Waals surface area contributed by atoms with E-state index in [-0.39, 0.29) is 19.0 Å². The Morgan fingerprint density at radius 3 is 2.84 bits per heavy atom. The summed E-state index contributed by atoms with van der Waals surface area (Å²) in [5, 5.41) is 6.54. The standard InChI is InChI=1S/C21H19FN4O4S/c1-13(27)23-10-16-11-26(21(28)29-16)15-7-8-18(17(22)9-15)31-12-19-24-20(30-25-19)14-5-3-2-4-6-14/h2-9,16H,10-12H2,1H3,(H,23,27)/t16-/m0/s1. The van der Waals surface area contributed by atoms with E-state index in [1.54, 1.807) is 12.1 Å². The molecular formula is C21H19FN4O4S. The summed E-state index contributed by atoms with van der Waals surface area (Å²) in [5.74, 6) is 0.522. The minimum Gasteiger partial charge on any atom is -0.442 e. The number of hydrogen-bond donors (Lipinski definition) is 1. The number of amides is 2. The molecule has 2 heterocycles. The number of anilines is 1. The highest BCUT2D eigenvalue weighted by molar-refractivity contribution is 7.98. The van der Waals surface area contributed by atoms with Crippen molar-refractivity contribution in [3.8, 4) is 11.5 Å². The van der Waals surface area contributed by atoms with Gasteiger partial charge >= 0.3 is 6.09 Å². The Balaban J connectivity index is 1.38. The minimum atomic E-state index is -0.574. The Morgan fingerprint density at radius 1 is 1.29 bits per heavy atom. The lowest BCUT2D eigenvalue weighted by atomic mass is 10.2. The van der Waals surface area contributed by atoms with Crippen molar-refractivity contribution in [3.63, 3.8) is 0 Å². The Kier molecular flexibility index (Phi) is 6.17. The summed E-state index contributed by atoms with van der Waals surface area (Å²) in [7, 11) is 0. The first-order valence-electron chi connectivity index (χ1n) is 9.52. The number of thioether (sulfide) groups is 1. The average molecular weight is 442 g/mol. The number of halogens is 1. The molecule has 0 radical (unpaired) electrons. The fourth-order valence-electron chi connectivity index (χ4n) is 3.02. The quantitative estimate of drug-likeness (QED) is 0.558. The van der Waals surface area contributed by atoms with Gasteiger partial charge < -0.3 is 14.6 Å². The van der Waals surface area contributed by atoms with Crippen molar-refractivity contribution in [1.29, 1.82) is 0 Å². The number of ether oxygens (including phenoxy) is 1. The number of hydrogen-bond acceptors (Lipinski definition) is 7. The van der Waals surface area contributed by atoms with Gasteiger partial charge in [-0.2, -0.15) is 4.98 Å². The third kappa shape index (κ3) is 5.02. The van der Waals surface area contributed by atoms with Crippen LogP contribution in [0.1, 0.15) is 12.7 Å². The maximum Gasteiger partial charge on any atom is 0.414 e. The van der Waals surface area contributed by atoms with Crippen molar-refractivity contribution in [2.24, 2.45) is 0 Å². The molecule has 1 aliphatic heterocycles. The van der Waals surface area contributed by atoms with Crippen LogP contribution in [0, 0.1) is 5.82 Å². The molecule has 31 heavy (non-hydrogen) atoms. The monoisotopic (exact) mass is 442 g/mol. The summed E-state index contributed by atoms with van der Waals surface area (Å²) in [6.07, 6.45) is -1.05. The smallest absolute Gasteiger partial charge is 0.414 e. The fraction of sp³-hybridized carbons (Fsp3) is 0.238. The minimum absolute atomic E-state index is 0.209. The Hall–Kier alpha value is -3.40. The van der Waals surface area contributed by atoms with Gasteiger partial charge in [0.15, 0.2) is 5.82 Å². The molecule has 0 saturated carbocycles. The van der Waals surface area contributed by atoms with Crippen LogP contribution in [-0.2, 0) is 15.3 Å². The lowest BCUT2D eigenvalue weighted by molar-refractivity contribution is -0.119. The molecule has 1 fully saturated rings.